The van der Waals surface area contributed by atoms with Crippen LogP contribution in [0.3, 0.4) is 0 Å². The molecule has 1 aromatic rings. The number of sulfonamides is 1. The molecule has 1 aromatic heterocycles. The zero-order valence-electron chi connectivity index (χ0n) is 15.3. The molecule has 1 N–H and O–H groups in total. The Morgan fingerprint density at radius 3 is 2.77 bits per heavy atom. The van der Waals surface area contributed by atoms with E-state index in [1.807, 2.05) is 18.2 Å². The number of nitrogens with one attached hydrogen (secondary N) is 1. The first-order valence-corrected chi connectivity index (χ1v) is 11.2. The summed E-state index contributed by atoms with van der Waals surface area (Å²) in [4.78, 5) is 19.2. The molecule has 7 nitrogen and oxygen atoms in total. The molecular weight excluding hydrogens is 352 g/mol. The minimum Gasteiger partial charge on any atom is -0.355 e. The third-order valence-corrected chi connectivity index (χ3v) is 6.61. The van der Waals surface area contributed by atoms with Gasteiger partial charge < -0.3 is 5.32 Å². The topological polar surface area (TPSA) is 82.6 Å². The summed E-state index contributed by atoms with van der Waals surface area (Å²) in [7, 11) is -3.34. The summed E-state index contributed by atoms with van der Waals surface area (Å²) in [5.41, 5.74) is 0.977. The molecule has 0 aromatic carbocycles. The van der Waals surface area contributed by atoms with Crippen molar-refractivity contribution >= 4 is 15.9 Å². The van der Waals surface area contributed by atoms with Gasteiger partial charge in [0.05, 0.1) is 17.9 Å². The van der Waals surface area contributed by atoms with Gasteiger partial charge in [-0.1, -0.05) is 12.5 Å². The van der Waals surface area contributed by atoms with Crippen LogP contribution in [0.2, 0.25) is 0 Å². The van der Waals surface area contributed by atoms with Crippen molar-refractivity contribution in [2.75, 3.05) is 32.4 Å². The second-order valence-electron chi connectivity index (χ2n) is 7.22. The van der Waals surface area contributed by atoms with Crippen LogP contribution in [-0.4, -0.2) is 67.0 Å². The van der Waals surface area contributed by atoms with Crippen LogP contribution in [0.4, 0.5) is 0 Å². The molecule has 0 spiro atoms. The second kappa shape index (κ2) is 8.45. The number of amides is 1. The molecule has 1 saturated carbocycles. The Balaban J connectivity index is 1.74. The molecule has 2 atom stereocenters. The van der Waals surface area contributed by atoms with Gasteiger partial charge in [0.15, 0.2) is 0 Å². The summed E-state index contributed by atoms with van der Waals surface area (Å²) in [5, 5.41) is 3.02. The highest BCUT2D eigenvalue weighted by Crippen LogP contribution is 2.32. The van der Waals surface area contributed by atoms with Crippen molar-refractivity contribution in [3.8, 4) is 0 Å². The maximum Gasteiger partial charge on any atom is 0.224 e. The molecule has 26 heavy (non-hydrogen) atoms. The summed E-state index contributed by atoms with van der Waals surface area (Å²) < 4.78 is 26.2. The van der Waals surface area contributed by atoms with Gasteiger partial charge in [-0.05, 0) is 37.9 Å². The van der Waals surface area contributed by atoms with Crippen LogP contribution in [0.5, 0.6) is 0 Å². The Kier molecular flexibility index (Phi) is 6.26. The molecule has 2 aliphatic rings. The normalized spacial score (nSPS) is 26.7. The average Bonchev–Trinajstić information content (AvgIpc) is 3.06. The van der Waals surface area contributed by atoms with Crippen molar-refractivity contribution in [3.63, 3.8) is 0 Å². The number of pyridine rings is 1. The summed E-state index contributed by atoms with van der Waals surface area (Å²) in [6.07, 6.45) is 6.21. The average molecular weight is 381 g/mol. The van der Waals surface area contributed by atoms with Crippen molar-refractivity contribution in [2.24, 2.45) is 5.92 Å². The van der Waals surface area contributed by atoms with Crippen molar-refractivity contribution in [3.05, 3.63) is 30.1 Å². The van der Waals surface area contributed by atoms with Crippen LogP contribution in [0, 0.1) is 5.92 Å². The summed E-state index contributed by atoms with van der Waals surface area (Å²) >= 11 is 0. The minimum absolute atomic E-state index is 0.0131. The first-order chi connectivity index (χ1) is 12.4. The minimum atomic E-state index is -3.34. The van der Waals surface area contributed by atoms with E-state index in [1.165, 1.54) is 6.26 Å². The quantitative estimate of drug-likeness (QED) is 0.840. The molecule has 1 amide bonds. The standard InChI is InChI=1S/C18H28N4O3S/c1-26(24,25)22-12-5-11-21(14-15-6-2-3-9-19-15)13-10-20-18(23)16-7-4-8-17(16)22/h2-3,6,9,16-17H,4-5,7-8,10-14H2,1H3,(H,20,23)/t16-,17+/m1/s1. The molecule has 0 unspecified atom stereocenters. The van der Waals surface area contributed by atoms with E-state index in [-0.39, 0.29) is 17.9 Å². The lowest BCUT2D eigenvalue weighted by Crippen LogP contribution is -2.47. The number of carbonyl (C=O) groups is 1. The number of aromatic nitrogens is 1. The van der Waals surface area contributed by atoms with Crippen LogP contribution < -0.4 is 5.32 Å². The molecule has 1 saturated heterocycles. The first kappa shape index (κ1) is 19.3. The van der Waals surface area contributed by atoms with Crippen molar-refractivity contribution in [2.45, 2.75) is 38.3 Å². The fraction of sp³-hybridized carbons (Fsp3) is 0.667. The Hall–Kier alpha value is -1.51. The van der Waals surface area contributed by atoms with Gasteiger partial charge in [-0.25, -0.2) is 8.42 Å². The number of fused-ring (bicyclic) bond motifs is 1. The highest BCUT2D eigenvalue weighted by Gasteiger charge is 2.40. The lowest BCUT2D eigenvalue weighted by Gasteiger charge is -2.30. The Bertz CT molecular complexity index is 710. The van der Waals surface area contributed by atoms with Crippen LogP contribution in [0.25, 0.3) is 0 Å². The molecule has 3 rings (SSSR count). The number of hydrogen-bond acceptors (Lipinski definition) is 5. The number of nitrogens with zero attached hydrogens (tertiary/aromatic N) is 3. The van der Waals surface area contributed by atoms with Crippen LogP contribution in [0.15, 0.2) is 24.4 Å². The van der Waals surface area contributed by atoms with Gasteiger partial charge in [-0.15, -0.1) is 0 Å². The fourth-order valence-electron chi connectivity index (χ4n) is 4.08. The second-order valence-corrected chi connectivity index (χ2v) is 9.16. The molecular formula is C18H28N4O3S. The molecule has 2 fully saturated rings. The van der Waals surface area contributed by atoms with E-state index < -0.39 is 10.0 Å². The van der Waals surface area contributed by atoms with E-state index in [2.05, 4.69) is 15.2 Å². The zero-order chi connectivity index (χ0) is 18.6. The highest BCUT2D eigenvalue weighted by molar-refractivity contribution is 7.88. The van der Waals surface area contributed by atoms with E-state index in [4.69, 9.17) is 0 Å². The number of rotatable bonds is 3. The van der Waals surface area contributed by atoms with Gasteiger partial charge in [-0.2, -0.15) is 4.31 Å². The molecule has 1 aliphatic carbocycles. The van der Waals surface area contributed by atoms with E-state index in [9.17, 15) is 13.2 Å². The Morgan fingerprint density at radius 2 is 2.04 bits per heavy atom. The van der Waals surface area contributed by atoms with Crippen LogP contribution in [-0.2, 0) is 21.4 Å². The van der Waals surface area contributed by atoms with Crippen LogP contribution >= 0.6 is 0 Å². The van der Waals surface area contributed by atoms with Gasteiger partial charge in [0.1, 0.15) is 0 Å². The first-order valence-electron chi connectivity index (χ1n) is 9.32. The molecule has 0 radical (unpaired) electrons. The van der Waals surface area contributed by atoms with E-state index in [0.717, 1.165) is 44.5 Å². The van der Waals surface area contributed by atoms with E-state index in [0.29, 0.717) is 19.6 Å². The predicted octanol–water partition coefficient (Wildman–Crippen LogP) is 0.834. The van der Waals surface area contributed by atoms with E-state index >= 15 is 0 Å². The Morgan fingerprint density at radius 1 is 1.19 bits per heavy atom. The van der Waals surface area contributed by atoms with Crippen molar-refractivity contribution in [1.82, 2.24) is 19.5 Å². The molecule has 0 bridgehead atoms. The molecule has 144 valence electrons. The lowest BCUT2D eigenvalue weighted by atomic mass is 10.0. The summed E-state index contributed by atoms with van der Waals surface area (Å²) in [6, 6.07) is 5.63. The predicted molar refractivity (Wildman–Crippen MR) is 99.8 cm³/mol. The fourth-order valence-corrected chi connectivity index (χ4v) is 5.28. The van der Waals surface area contributed by atoms with Gasteiger partial charge >= 0.3 is 0 Å². The third-order valence-electron chi connectivity index (χ3n) is 5.30. The van der Waals surface area contributed by atoms with Gasteiger partial charge in [0, 0.05) is 38.4 Å². The number of hydrogen-bond donors (Lipinski definition) is 1. The largest absolute Gasteiger partial charge is 0.355 e. The molecule has 1 aliphatic heterocycles. The maximum absolute atomic E-state index is 12.6. The van der Waals surface area contributed by atoms with Crippen LogP contribution in [0.1, 0.15) is 31.4 Å². The smallest absolute Gasteiger partial charge is 0.224 e. The monoisotopic (exact) mass is 380 g/mol. The zero-order valence-corrected chi connectivity index (χ0v) is 16.1. The summed E-state index contributed by atoms with van der Waals surface area (Å²) in [5.74, 6) is -0.243. The van der Waals surface area contributed by atoms with E-state index in [1.54, 1.807) is 10.5 Å². The van der Waals surface area contributed by atoms with Gasteiger partial charge in [-0.3, -0.25) is 14.7 Å². The summed E-state index contributed by atoms with van der Waals surface area (Å²) in [6.45, 7) is 3.25. The highest BCUT2D eigenvalue weighted by atomic mass is 32.2. The Labute approximate surface area is 155 Å². The lowest BCUT2D eigenvalue weighted by molar-refractivity contribution is -0.125. The SMILES string of the molecule is CS(=O)(=O)N1CCCN(Cc2ccccn2)CCNC(=O)[C@@H]2CCC[C@@H]21. The molecule has 8 heteroatoms. The van der Waals surface area contributed by atoms with Crippen molar-refractivity contribution in [1.29, 1.82) is 0 Å². The van der Waals surface area contributed by atoms with Gasteiger partial charge in [0.25, 0.3) is 0 Å². The number of carbonyl (C=O) groups excluding carboxylic acids is 1. The van der Waals surface area contributed by atoms with Crippen molar-refractivity contribution < 1.29 is 13.2 Å². The third kappa shape index (κ3) is 4.81. The van der Waals surface area contributed by atoms with Gasteiger partial charge in [0.2, 0.25) is 15.9 Å². The molecule has 2 heterocycles. The maximum atomic E-state index is 12.6.